The average molecular weight is 602 g/mol. The van der Waals surface area contributed by atoms with Crippen LogP contribution in [0.15, 0.2) is 108 Å². The molecule has 230 valence electrons. The number of ether oxygens (including phenoxy) is 2. The molecule has 0 amide bonds. The predicted octanol–water partition coefficient (Wildman–Crippen LogP) is 9.15. The average Bonchev–Trinajstić information content (AvgIpc) is 3.76. The lowest BCUT2D eigenvalue weighted by Crippen LogP contribution is -2.15. The molecule has 5 aromatic rings. The van der Waals surface area contributed by atoms with Gasteiger partial charge in [0.25, 0.3) is 0 Å². The molecule has 4 aromatic carbocycles. The van der Waals surface area contributed by atoms with Crippen molar-refractivity contribution in [2.24, 2.45) is 0 Å². The minimum absolute atomic E-state index is 0.0622. The van der Waals surface area contributed by atoms with E-state index < -0.39 is 6.10 Å². The smallest absolute Gasteiger partial charge is 0.306 e. The molecule has 1 saturated carbocycles. The zero-order valence-corrected chi connectivity index (χ0v) is 25.9. The van der Waals surface area contributed by atoms with E-state index in [2.05, 4.69) is 53.7 Å². The number of aromatic nitrogens is 1. The fourth-order valence-electron chi connectivity index (χ4n) is 5.97. The molecule has 0 saturated heterocycles. The minimum atomic E-state index is -0.565. The highest BCUT2D eigenvalue weighted by Crippen LogP contribution is 2.51. The predicted molar refractivity (Wildman–Crippen MR) is 175 cm³/mol. The number of nitrogens with zero attached hydrogens (tertiary/aromatic N) is 1. The Balaban J connectivity index is 1.05. The Kier molecular flexibility index (Phi) is 9.13. The van der Waals surface area contributed by atoms with Crippen molar-refractivity contribution in [1.29, 1.82) is 0 Å². The lowest BCUT2D eigenvalue weighted by atomic mass is 9.90. The molecule has 1 unspecified atom stereocenters. The molecule has 0 radical (unpaired) electrons. The van der Waals surface area contributed by atoms with Crippen LogP contribution in [-0.2, 0) is 21.4 Å². The highest BCUT2D eigenvalue weighted by molar-refractivity contribution is 5.73. The number of rotatable bonds is 13. The number of carbonyl (C=O) groups is 1. The van der Waals surface area contributed by atoms with Gasteiger partial charge in [0.2, 0.25) is 0 Å². The van der Waals surface area contributed by atoms with E-state index in [0.29, 0.717) is 19.4 Å². The maximum atomic E-state index is 12.1. The first-order chi connectivity index (χ1) is 21.9. The fraction of sp³-hybridized carbons (Fsp3) is 0.282. The summed E-state index contributed by atoms with van der Waals surface area (Å²) in [5.41, 5.74) is 7.17. The number of esters is 1. The number of aryl methyl sites for hydroxylation is 1. The zero-order chi connectivity index (χ0) is 31.2. The van der Waals surface area contributed by atoms with Gasteiger partial charge in [-0.15, -0.1) is 0 Å². The maximum Gasteiger partial charge on any atom is 0.306 e. The van der Waals surface area contributed by atoms with Crippen molar-refractivity contribution in [2.75, 3.05) is 6.61 Å². The third kappa shape index (κ3) is 7.18. The molecule has 1 fully saturated rings. The van der Waals surface area contributed by atoms with Gasteiger partial charge in [0.15, 0.2) is 5.76 Å². The normalized spacial score (nSPS) is 14.1. The summed E-state index contributed by atoms with van der Waals surface area (Å²) in [4.78, 5) is 12.1. The second-order valence-corrected chi connectivity index (χ2v) is 11.9. The standard InChI is InChI=1S/C39H39NO5/c1-3-43-37(42)26-39(24-25-39)32-20-16-29(17-21-32)28-12-14-31(15-13-28)38-35(27(2)40-45-38)10-7-11-36(41)30-18-22-34(23-19-30)44-33-8-5-4-6-9-33/h4-6,8-9,12-23,36,41H,3,7,10-11,24-26H2,1-2H3. The Bertz CT molecular complexity index is 1700. The van der Waals surface area contributed by atoms with Gasteiger partial charge >= 0.3 is 5.97 Å². The molecule has 1 N–H and O–H groups in total. The Morgan fingerprint density at radius 3 is 2.13 bits per heavy atom. The minimum Gasteiger partial charge on any atom is -0.466 e. The summed E-state index contributed by atoms with van der Waals surface area (Å²) in [7, 11) is 0. The lowest BCUT2D eigenvalue weighted by Gasteiger charge is -2.15. The van der Waals surface area contributed by atoms with Crippen molar-refractivity contribution in [2.45, 2.75) is 63.9 Å². The number of aliphatic hydroxyl groups excluding tert-OH is 1. The summed E-state index contributed by atoms with van der Waals surface area (Å²) < 4.78 is 16.8. The third-order valence-electron chi connectivity index (χ3n) is 8.75. The molecule has 1 heterocycles. The summed E-state index contributed by atoms with van der Waals surface area (Å²) in [6.45, 7) is 4.23. The fourth-order valence-corrected chi connectivity index (χ4v) is 5.97. The third-order valence-corrected chi connectivity index (χ3v) is 8.75. The van der Waals surface area contributed by atoms with Gasteiger partial charge in [-0.05, 0) is 92.5 Å². The zero-order valence-electron chi connectivity index (χ0n) is 25.9. The Morgan fingerprint density at radius 1 is 0.867 bits per heavy atom. The van der Waals surface area contributed by atoms with Crippen molar-refractivity contribution >= 4 is 5.97 Å². The van der Waals surface area contributed by atoms with Gasteiger partial charge in [0.05, 0.1) is 24.8 Å². The highest BCUT2D eigenvalue weighted by atomic mass is 16.5. The van der Waals surface area contributed by atoms with Crippen molar-refractivity contribution < 1.29 is 23.9 Å². The lowest BCUT2D eigenvalue weighted by molar-refractivity contribution is -0.143. The van der Waals surface area contributed by atoms with Gasteiger partial charge < -0.3 is 19.1 Å². The number of hydrogen-bond donors (Lipinski definition) is 1. The van der Waals surface area contributed by atoms with Crippen molar-refractivity contribution in [3.63, 3.8) is 0 Å². The molecule has 1 aromatic heterocycles. The van der Waals surface area contributed by atoms with Crippen LogP contribution in [0.25, 0.3) is 22.5 Å². The summed E-state index contributed by atoms with van der Waals surface area (Å²) in [5.74, 6) is 2.18. The molecule has 6 heteroatoms. The van der Waals surface area contributed by atoms with E-state index in [-0.39, 0.29) is 11.4 Å². The van der Waals surface area contributed by atoms with Crippen LogP contribution in [0, 0.1) is 6.92 Å². The molecular formula is C39H39NO5. The van der Waals surface area contributed by atoms with Crippen molar-refractivity contribution in [3.05, 3.63) is 126 Å². The van der Waals surface area contributed by atoms with Crippen LogP contribution in [0.2, 0.25) is 0 Å². The molecule has 0 spiro atoms. The molecule has 6 nitrogen and oxygen atoms in total. The van der Waals surface area contributed by atoms with E-state index in [1.165, 1.54) is 5.56 Å². The number of hydrogen-bond acceptors (Lipinski definition) is 6. The van der Waals surface area contributed by atoms with Crippen molar-refractivity contribution in [1.82, 2.24) is 5.16 Å². The van der Waals surface area contributed by atoms with E-state index >= 15 is 0 Å². The summed E-state index contributed by atoms with van der Waals surface area (Å²) in [5, 5.41) is 15.1. The molecule has 1 aliphatic rings. The quantitative estimate of drug-likeness (QED) is 0.136. The van der Waals surface area contributed by atoms with E-state index in [4.69, 9.17) is 14.0 Å². The largest absolute Gasteiger partial charge is 0.466 e. The highest BCUT2D eigenvalue weighted by Gasteiger charge is 2.46. The van der Waals surface area contributed by atoms with E-state index in [1.807, 2.05) is 68.4 Å². The second kappa shape index (κ2) is 13.5. The van der Waals surface area contributed by atoms with Gasteiger partial charge in [-0.2, -0.15) is 0 Å². The second-order valence-electron chi connectivity index (χ2n) is 11.9. The molecule has 1 aliphatic carbocycles. The van der Waals surface area contributed by atoms with Gasteiger partial charge in [-0.25, -0.2) is 0 Å². The summed E-state index contributed by atoms with van der Waals surface area (Å²) >= 11 is 0. The summed E-state index contributed by atoms with van der Waals surface area (Å²) in [6.07, 6.45) is 4.10. The molecule has 1 atom stereocenters. The van der Waals surface area contributed by atoms with Gasteiger partial charge in [-0.1, -0.05) is 84.0 Å². The molecule has 6 rings (SSSR count). The monoisotopic (exact) mass is 601 g/mol. The first-order valence-electron chi connectivity index (χ1n) is 15.8. The number of benzene rings is 4. The number of aliphatic hydroxyl groups is 1. The van der Waals surface area contributed by atoms with E-state index in [1.54, 1.807) is 0 Å². The van der Waals surface area contributed by atoms with Crippen LogP contribution in [0.1, 0.15) is 67.5 Å². The van der Waals surface area contributed by atoms with Crippen LogP contribution in [0.4, 0.5) is 0 Å². The number of para-hydroxylation sites is 1. The van der Waals surface area contributed by atoms with Crippen LogP contribution in [0.3, 0.4) is 0 Å². The maximum absolute atomic E-state index is 12.1. The SMILES string of the molecule is CCOC(=O)CC1(c2ccc(-c3ccc(-c4onc(C)c4CCCC(O)c4ccc(Oc5ccccc5)cc4)cc3)cc2)CC1. The molecule has 0 bridgehead atoms. The van der Waals surface area contributed by atoms with Crippen LogP contribution in [0.5, 0.6) is 11.5 Å². The Hall–Kier alpha value is -4.68. The van der Waals surface area contributed by atoms with Crippen molar-refractivity contribution in [3.8, 4) is 33.9 Å². The molecule has 0 aliphatic heterocycles. The molecule has 45 heavy (non-hydrogen) atoms. The van der Waals surface area contributed by atoms with E-state index in [0.717, 1.165) is 76.5 Å². The van der Waals surface area contributed by atoms with Gasteiger partial charge in [0.1, 0.15) is 11.5 Å². The summed E-state index contributed by atoms with van der Waals surface area (Å²) in [6, 6.07) is 34.2. The molecular weight excluding hydrogens is 562 g/mol. The Labute approximate surface area is 264 Å². The van der Waals surface area contributed by atoms with E-state index in [9.17, 15) is 9.90 Å². The van der Waals surface area contributed by atoms with Crippen LogP contribution >= 0.6 is 0 Å². The van der Waals surface area contributed by atoms with Gasteiger partial charge in [-0.3, -0.25) is 4.79 Å². The number of carbonyl (C=O) groups excluding carboxylic acids is 1. The first-order valence-corrected chi connectivity index (χ1v) is 15.8. The topological polar surface area (TPSA) is 81.8 Å². The first kappa shape index (κ1) is 30.4. The Morgan fingerprint density at radius 2 is 1.49 bits per heavy atom. The van der Waals surface area contributed by atoms with Gasteiger partial charge in [0, 0.05) is 16.5 Å². The van der Waals surface area contributed by atoms with Crippen LogP contribution in [-0.4, -0.2) is 22.8 Å². The van der Waals surface area contributed by atoms with Crippen LogP contribution < -0.4 is 4.74 Å².